The molecule has 1 fully saturated rings. The Bertz CT molecular complexity index is 353. The van der Waals surface area contributed by atoms with Gasteiger partial charge < -0.3 is 5.32 Å². The van der Waals surface area contributed by atoms with Gasteiger partial charge in [-0.2, -0.15) is 5.10 Å². The molecule has 0 amide bonds. The molecule has 0 bridgehead atoms. The molecule has 2 heterocycles. The monoisotopic (exact) mass is 221 g/mol. The maximum absolute atomic E-state index is 11.8. The lowest BCUT2D eigenvalue weighted by Gasteiger charge is -2.22. The molecule has 1 unspecified atom stereocenters. The summed E-state index contributed by atoms with van der Waals surface area (Å²) in [6.45, 7) is 2.19. The van der Waals surface area contributed by atoms with E-state index in [1.165, 1.54) is 12.8 Å². The van der Waals surface area contributed by atoms with Gasteiger partial charge in [0.2, 0.25) is 0 Å². The lowest BCUT2D eigenvalue weighted by molar-refractivity contribution is 0.0966. The van der Waals surface area contributed by atoms with Crippen LogP contribution in [-0.4, -0.2) is 28.7 Å². The minimum atomic E-state index is 0.172. The van der Waals surface area contributed by atoms with E-state index in [9.17, 15) is 4.79 Å². The van der Waals surface area contributed by atoms with Crippen LogP contribution in [0.5, 0.6) is 0 Å². The highest BCUT2D eigenvalue weighted by atomic mass is 16.1. The Kier molecular flexibility index (Phi) is 3.72. The van der Waals surface area contributed by atoms with Crippen molar-refractivity contribution in [3.05, 3.63) is 18.0 Å². The maximum atomic E-state index is 11.8. The summed E-state index contributed by atoms with van der Waals surface area (Å²) in [5, 5.41) is 7.50. The topological polar surface area (TPSA) is 46.9 Å². The molecule has 0 aromatic carbocycles. The van der Waals surface area contributed by atoms with Crippen molar-refractivity contribution >= 4 is 5.78 Å². The second-order valence-corrected chi connectivity index (χ2v) is 4.55. The number of aryl methyl sites for hydroxylation is 1. The zero-order chi connectivity index (χ0) is 11.4. The molecule has 16 heavy (non-hydrogen) atoms. The molecule has 4 heteroatoms. The number of nitrogens with one attached hydrogen (secondary N) is 1. The van der Waals surface area contributed by atoms with Crippen LogP contribution in [-0.2, 0) is 7.05 Å². The summed E-state index contributed by atoms with van der Waals surface area (Å²) in [4.78, 5) is 11.8. The second kappa shape index (κ2) is 5.25. The van der Waals surface area contributed by atoms with E-state index in [-0.39, 0.29) is 5.78 Å². The van der Waals surface area contributed by atoms with Gasteiger partial charge in [-0.25, -0.2) is 0 Å². The van der Waals surface area contributed by atoms with Crippen molar-refractivity contribution in [2.45, 2.75) is 25.7 Å². The van der Waals surface area contributed by atoms with E-state index in [1.807, 2.05) is 13.2 Å². The summed E-state index contributed by atoms with van der Waals surface area (Å²) < 4.78 is 1.68. The number of piperidine rings is 1. The number of Topliss-reactive ketones (excluding diaryl/α,β-unsaturated/α-hetero) is 1. The van der Waals surface area contributed by atoms with Crippen LogP contribution in [0.15, 0.2) is 12.3 Å². The van der Waals surface area contributed by atoms with Crippen molar-refractivity contribution < 1.29 is 4.79 Å². The predicted molar refractivity (Wildman–Crippen MR) is 62.4 cm³/mol. The standard InChI is InChI=1S/C12H19N3O/c1-15-8-6-11(14-15)12(16)5-4-10-3-2-7-13-9-10/h6,8,10,13H,2-5,7,9H2,1H3. The average Bonchev–Trinajstić information content (AvgIpc) is 2.74. The summed E-state index contributed by atoms with van der Waals surface area (Å²) in [7, 11) is 1.84. The van der Waals surface area contributed by atoms with E-state index in [2.05, 4.69) is 10.4 Å². The van der Waals surface area contributed by atoms with Gasteiger partial charge >= 0.3 is 0 Å². The van der Waals surface area contributed by atoms with E-state index in [0.29, 0.717) is 18.0 Å². The summed E-state index contributed by atoms with van der Waals surface area (Å²) in [6, 6.07) is 1.79. The first kappa shape index (κ1) is 11.3. The average molecular weight is 221 g/mol. The van der Waals surface area contributed by atoms with Gasteiger partial charge in [-0.1, -0.05) is 0 Å². The van der Waals surface area contributed by atoms with Gasteiger partial charge in [0.15, 0.2) is 5.78 Å². The first-order valence-corrected chi connectivity index (χ1v) is 5.99. The van der Waals surface area contributed by atoms with Crippen LogP contribution in [0.2, 0.25) is 0 Å². The Hall–Kier alpha value is -1.16. The number of hydrogen-bond acceptors (Lipinski definition) is 3. The number of carbonyl (C=O) groups excluding carboxylic acids is 1. The highest BCUT2D eigenvalue weighted by Crippen LogP contribution is 2.17. The molecule has 1 atom stereocenters. The maximum Gasteiger partial charge on any atom is 0.183 e. The van der Waals surface area contributed by atoms with Gasteiger partial charge in [-0.3, -0.25) is 9.48 Å². The number of rotatable bonds is 4. The first-order valence-electron chi connectivity index (χ1n) is 5.99. The Labute approximate surface area is 96.0 Å². The third kappa shape index (κ3) is 2.92. The van der Waals surface area contributed by atoms with Crippen LogP contribution < -0.4 is 5.32 Å². The smallest absolute Gasteiger partial charge is 0.183 e. The van der Waals surface area contributed by atoms with Crippen molar-refractivity contribution in [1.29, 1.82) is 0 Å². The fourth-order valence-corrected chi connectivity index (χ4v) is 2.20. The molecule has 1 N–H and O–H groups in total. The van der Waals surface area contributed by atoms with Crippen LogP contribution in [0.4, 0.5) is 0 Å². The number of carbonyl (C=O) groups is 1. The molecule has 1 aliphatic heterocycles. The Morgan fingerprint density at radius 3 is 3.19 bits per heavy atom. The molecule has 1 aromatic rings. The lowest BCUT2D eigenvalue weighted by Crippen LogP contribution is -2.30. The van der Waals surface area contributed by atoms with Crippen molar-refractivity contribution in [2.24, 2.45) is 13.0 Å². The third-order valence-corrected chi connectivity index (χ3v) is 3.18. The molecule has 2 rings (SSSR count). The highest BCUT2D eigenvalue weighted by Gasteiger charge is 2.16. The van der Waals surface area contributed by atoms with Crippen molar-refractivity contribution in [2.75, 3.05) is 13.1 Å². The van der Waals surface area contributed by atoms with Gasteiger partial charge in [-0.05, 0) is 44.3 Å². The van der Waals surface area contributed by atoms with E-state index in [4.69, 9.17) is 0 Å². The lowest BCUT2D eigenvalue weighted by atomic mass is 9.93. The number of aromatic nitrogens is 2. The molecule has 88 valence electrons. The molecule has 0 saturated carbocycles. The minimum absolute atomic E-state index is 0.172. The van der Waals surface area contributed by atoms with E-state index in [1.54, 1.807) is 10.7 Å². The van der Waals surface area contributed by atoms with Crippen LogP contribution in [0, 0.1) is 5.92 Å². The molecule has 1 aromatic heterocycles. The third-order valence-electron chi connectivity index (χ3n) is 3.18. The molecule has 0 spiro atoms. The zero-order valence-corrected chi connectivity index (χ0v) is 9.78. The van der Waals surface area contributed by atoms with E-state index >= 15 is 0 Å². The van der Waals surface area contributed by atoms with E-state index in [0.717, 1.165) is 19.5 Å². The van der Waals surface area contributed by atoms with Crippen LogP contribution >= 0.6 is 0 Å². The molecule has 4 nitrogen and oxygen atoms in total. The number of hydrogen-bond donors (Lipinski definition) is 1. The van der Waals surface area contributed by atoms with Crippen LogP contribution in [0.1, 0.15) is 36.2 Å². The van der Waals surface area contributed by atoms with Crippen molar-refractivity contribution in [3.63, 3.8) is 0 Å². The van der Waals surface area contributed by atoms with Crippen molar-refractivity contribution in [3.8, 4) is 0 Å². The molecule has 0 aliphatic carbocycles. The molecular formula is C12H19N3O. The Morgan fingerprint density at radius 1 is 1.69 bits per heavy atom. The summed E-state index contributed by atoms with van der Waals surface area (Å²) >= 11 is 0. The zero-order valence-electron chi connectivity index (χ0n) is 9.78. The molecule has 0 radical (unpaired) electrons. The number of ketones is 1. The summed E-state index contributed by atoms with van der Waals surface area (Å²) in [5.74, 6) is 0.840. The minimum Gasteiger partial charge on any atom is -0.316 e. The molecular weight excluding hydrogens is 202 g/mol. The Balaban J connectivity index is 1.79. The van der Waals surface area contributed by atoms with Gasteiger partial charge in [0.05, 0.1) is 0 Å². The van der Waals surface area contributed by atoms with Gasteiger partial charge in [-0.15, -0.1) is 0 Å². The fourth-order valence-electron chi connectivity index (χ4n) is 2.20. The largest absolute Gasteiger partial charge is 0.316 e. The van der Waals surface area contributed by atoms with Crippen molar-refractivity contribution in [1.82, 2.24) is 15.1 Å². The first-order chi connectivity index (χ1) is 7.75. The summed E-state index contributed by atoms with van der Waals surface area (Å²) in [5.41, 5.74) is 0.603. The normalized spacial score (nSPS) is 20.9. The summed E-state index contributed by atoms with van der Waals surface area (Å²) in [6.07, 6.45) is 5.92. The predicted octanol–water partition coefficient (Wildman–Crippen LogP) is 1.38. The van der Waals surface area contributed by atoms with Crippen LogP contribution in [0.3, 0.4) is 0 Å². The van der Waals surface area contributed by atoms with Gasteiger partial charge in [0, 0.05) is 19.7 Å². The fraction of sp³-hybridized carbons (Fsp3) is 0.667. The molecule has 1 aliphatic rings. The molecule has 1 saturated heterocycles. The van der Waals surface area contributed by atoms with Crippen LogP contribution in [0.25, 0.3) is 0 Å². The second-order valence-electron chi connectivity index (χ2n) is 4.55. The van der Waals surface area contributed by atoms with Gasteiger partial charge in [0.25, 0.3) is 0 Å². The SMILES string of the molecule is Cn1ccc(C(=O)CCC2CCCNC2)n1. The quantitative estimate of drug-likeness (QED) is 0.781. The Morgan fingerprint density at radius 2 is 2.56 bits per heavy atom. The van der Waals surface area contributed by atoms with E-state index < -0.39 is 0 Å². The number of nitrogens with zero attached hydrogens (tertiary/aromatic N) is 2. The highest BCUT2D eigenvalue weighted by molar-refractivity contribution is 5.94. The van der Waals surface area contributed by atoms with Gasteiger partial charge in [0.1, 0.15) is 5.69 Å².